The predicted octanol–water partition coefficient (Wildman–Crippen LogP) is 4.67. The number of benzene rings is 2. The van der Waals surface area contributed by atoms with E-state index in [0.717, 1.165) is 0 Å². The van der Waals surface area contributed by atoms with Crippen molar-refractivity contribution in [2.45, 2.75) is 0 Å². The Labute approximate surface area is 183 Å². The Morgan fingerprint density at radius 3 is 1.43 bits per heavy atom. The number of rotatable bonds is 4. The first kappa shape index (κ1) is 22.0. The van der Waals surface area contributed by atoms with Gasteiger partial charge >= 0.3 is 0 Å². The smallest absolute Gasteiger partial charge is 0.246 e. The van der Waals surface area contributed by atoms with E-state index in [1.165, 1.54) is 48.6 Å². The molecule has 3 rings (SSSR count). The Balaban J connectivity index is 1.56. The number of carbonyl (C=O) groups excluding carboxylic acids is 2. The zero-order chi connectivity index (χ0) is 21.7. The van der Waals surface area contributed by atoms with Crippen molar-refractivity contribution in [2.75, 3.05) is 26.2 Å². The van der Waals surface area contributed by atoms with E-state index in [4.69, 9.17) is 23.2 Å². The highest BCUT2D eigenvalue weighted by Crippen LogP contribution is 2.21. The molecule has 1 heterocycles. The molecule has 0 aromatic heterocycles. The molecule has 0 aliphatic carbocycles. The molecule has 4 nitrogen and oxygen atoms in total. The van der Waals surface area contributed by atoms with Crippen molar-refractivity contribution in [3.05, 3.63) is 81.4 Å². The summed E-state index contributed by atoms with van der Waals surface area (Å²) in [6.07, 6.45) is 5.22. The van der Waals surface area contributed by atoms with Crippen LogP contribution in [0.3, 0.4) is 0 Å². The Kier molecular flexibility index (Phi) is 7.24. The summed E-state index contributed by atoms with van der Waals surface area (Å²) in [6, 6.07) is 8.59. The molecule has 8 heteroatoms. The molecule has 156 valence electrons. The van der Waals surface area contributed by atoms with Gasteiger partial charge in [-0.25, -0.2) is 8.78 Å². The molecule has 1 aliphatic rings. The van der Waals surface area contributed by atoms with Crippen molar-refractivity contribution in [1.29, 1.82) is 0 Å². The molecule has 0 N–H and O–H groups in total. The average Bonchev–Trinajstić information content (AvgIpc) is 2.73. The second-order valence-corrected chi connectivity index (χ2v) is 7.40. The lowest BCUT2D eigenvalue weighted by molar-refractivity contribution is -0.133. The molecule has 1 fully saturated rings. The van der Waals surface area contributed by atoms with Crippen LogP contribution in [-0.4, -0.2) is 47.8 Å². The molecule has 0 bridgehead atoms. The number of hydrogen-bond acceptors (Lipinski definition) is 2. The Hall–Kier alpha value is -2.70. The van der Waals surface area contributed by atoms with Crippen LogP contribution in [0, 0.1) is 11.6 Å². The zero-order valence-electron chi connectivity index (χ0n) is 15.8. The lowest BCUT2D eigenvalue weighted by Crippen LogP contribution is -2.49. The van der Waals surface area contributed by atoms with Gasteiger partial charge in [0.25, 0.3) is 0 Å². The van der Waals surface area contributed by atoms with Gasteiger partial charge in [-0.2, -0.15) is 0 Å². The van der Waals surface area contributed by atoms with Crippen molar-refractivity contribution >= 4 is 47.2 Å². The summed E-state index contributed by atoms with van der Waals surface area (Å²) in [5, 5.41) is 0.437. The fraction of sp³-hybridized carbons (Fsp3) is 0.182. The van der Waals surface area contributed by atoms with Crippen molar-refractivity contribution in [3.63, 3.8) is 0 Å². The molecule has 0 saturated carbocycles. The van der Waals surface area contributed by atoms with Gasteiger partial charge in [-0.3, -0.25) is 9.59 Å². The largest absolute Gasteiger partial charge is 0.336 e. The van der Waals surface area contributed by atoms with E-state index in [1.54, 1.807) is 21.9 Å². The van der Waals surface area contributed by atoms with Gasteiger partial charge in [-0.05, 0) is 36.4 Å². The van der Waals surface area contributed by atoms with Gasteiger partial charge in [0, 0.05) is 49.5 Å². The monoisotopic (exact) mass is 450 g/mol. The minimum atomic E-state index is -0.510. The summed E-state index contributed by atoms with van der Waals surface area (Å²) in [5.41, 5.74) is 0.302. The molecule has 0 atom stereocenters. The summed E-state index contributed by atoms with van der Waals surface area (Å²) >= 11 is 11.9. The third-order valence-electron chi connectivity index (χ3n) is 4.69. The second-order valence-electron chi connectivity index (χ2n) is 6.59. The van der Waals surface area contributed by atoms with Gasteiger partial charge in [0.2, 0.25) is 11.8 Å². The third kappa shape index (κ3) is 5.26. The van der Waals surface area contributed by atoms with Gasteiger partial charge in [0.15, 0.2) is 0 Å². The van der Waals surface area contributed by atoms with Crippen LogP contribution in [0.15, 0.2) is 48.6 Å². The summed E-state index contributed by atoms with van der Waals surface area (Å²) in [5.74, 6) is -1.61. The van der Waals surface area contributed by atoms with Crippen molar-refractivity contribution in [1.82, 2.24) is 9.80 Å². The van der Waals surface area contributed by atoms with Gasteiger partial charge in [-0.1, -0.05) is 35.3 Å². The molecule has 0 spiro atoms. The highest BCUT2D eigenvalue weighted by Gasteiger charge is 2.22. The number of amides is 2. The minimum Gasteiger partial charge on any atom is -0.336 e. The minimum absolute atomic E-state index is 0.151. The van der Waals surface area contributed by atoms with Crippen LogP contribution in [0.25, 0.3) is 12.2 Å². The molecule has 30 heavy (non-hydrogen) atoms. The topological polar surface area (TPSA) is 40.6 Å². The average molecular weight is 451 g/mol. The number of halogens is 4. The van der Waals surface area contributed by atoms with E-state index in [9.17, 15) is 18.4 Å². The first-order valence-electron chi connectivity index (χ1n) is 9.19. The van der Waals surface area contributed by atoms with Crippen LogP contribution in [0.4, 0.5) is 8.78 Å². The van der Waals surface area contributed by atoms with E-state index in [-0.39, 0.29) is 33.0 Å². The summed E-state index contributed by atoms with van der Waals surface area (Å²) < 4.78 is 27.6. The molecule has 0 unspecified atom stereocenters. The highest BCUT2D eigenvalue weighted by atomic mass is 35.5. The molecule has 1 aliphatic heterocycles. The fourth-order valence-electron chi connectivity index (χ4n) is 3.01. The third-order valence-corrected chi connectivity index (χ3v) is 5.35. The van der Waals surface area contributed by atoms with E-state index in [1.807, 2.05) is 0 Å². The molecule has 0 radical (unpaired) electrons. The molecule has 2 amide bonds. The van der Waals surface area contributed by atoms with Gasteiger partial charge in [0.05, 0.1) is 10.0 Å². The summed E-state index contributed by atoms with van der Waals surface area (Å²) in [6.45, 7) is 1.31. The Morgan fingerprint density at radius 2 is 1.10 bits per heavy atom. The molecule has 1 saturated heterocycles. The van der Waals surface area contributed by atoms with Gasteiger partial charge in [-0.15, -0.1) is 0 Å². The highest BCUT2D eigenvalue weighted by molar-refractivity contribution is 6.32. The molecule has 2 aromatic carbocycles. The summed E-state index contributed by atoms with van der Waals surface area (Å²) in [4.78, 5) is 27.8. The lowest BCUT2D eigenvalue weighted by Gasteiger charge is -2.33. The van der Waals surface area contributed by atoms with Crippen LogP contribution in [0.2, 0.25) is 10.0 Å². The van der Waals surface area contributed by atoms with E-state index in [2.05, 4.69) is 0 Å². The first-order chi connectivity index (χ1) is 14.4. The SMILES string of the molecule is O=C(/C=C/c1c(F)cccc1Cl)N1CCN(C(=O)/C=C/c2c(F)cccc2Cl)CC1. The van der Waals surface area contributed by atoms with Crippen molar-refractivity contribution in [2.24, 2.45) is 0 Å². The predicted molar refractivity (Wildman–Crippen MR) is 114 cm³/mol. The lowest BCUT2D eigenvalue weighted by atomic mass is 10.2. The van der Waals surface area contributed by atoms with Crippen molar-refractivity contribution in [3.8, 4) is 0 Å². The number of piperazine rings is 1. The number of hydrogen-bond donors (Lipinski definition) is 0. The Morgan fingerprint density at radius 1 is 0.733 bits per heavy atom. The maximum Gasteiger partial charge on any atom is 0.246 e. The number of nitrogens with zero attached hydrogens (tertiary/aromatic N) is 2. The van der Waals surface area contributed by atoms with Crippen LogP contribution in [0.1, 0.15) is 11.1 Å². The normalized spacial score (nSPS) is 14.7. The van der Waals surface area contributed by atoms with E-state index >= 15 is 0 Å². The van der Waals surface area contributed by atoms with E-state index < -0.39 is 11.6 Å². The van der Waals surface area contributed by atoms with Crippen molar-refractivity contribution < 1.29 is 18.4 Å². The van der Waals surface area contributed by atoms with Crippen LogP contribution in [0.5, 0.6) is 0 Å². The van der Waals surface area contributed by atoms with E-state index in [0.29, 0.717) is 26.2 Å². The number of carbonyl (C=O) groups is 2. The molecular formula is C22H18Cl2F2N2O2. The van der Waals surface area contributed by atoms with Gasteiger partial charge < -0.3 is 9.80 Å². The van der Waals surface area contributed by atoms with Crippen LogP contribution < -0.4 is 0 Å². The quantitative estimate of drug-likeness (QED) is 0.635. The maximum atomic E-state index is 13.8. The standard InChI is InChI=1S/C22H18Cl2F2N2O2/c23-17-3-1-5-19(25)15(17)7-9-21(29)27-11-13-28(14-12-27)22(30)10-8-16-18(24)4-2-6-20(16)26/h1-10H,11-14H2/b9-7+,10-8+. The Bertz CT molecular complexity index is 894. The fourth-order valence-corrected chi connectivity index (χ4v) is 3.46. The van der Waals surface area contributed by atoms with Crippen LogP contribution >= 0.6 is 23.2 Å². The molecular weight excluding hydrogens is 433 g/mol. The maximum absolute atomic E-state index is 13.8. The van der Waals surface area contributed by atoms with Crippen LogP contribution in [-0.2, 0) is 9.59 Å². The van der Waals surface area contributed by atoms with Gasteiger partial charge in [0.1, 0.15) is 11.6 Å². The first-order valence-corrected chi connectivity index (χ1v) is 9.94. The summed E-state index contributed by atoms with van der Waals surface area (Å²) in [7, 11) is 0. The zero-order valence-corrected chi connectivity index (χ0v) is 17.3. The second kappa shape index (κ2) is 9.87. The molecule has 2 aromatic rings.